The van der Waals surface area contributed by atoms with Gasteiger partial charge in [-0.05, 0) is 50.5 Å². The van der Waals surface area contributed by atoms with Gasteiger partial charge in [-0.2, -0.15) is 11.8 Å². The van der Waals surface area contributed by atoms with Crippen molar-refractivity contribution in [1.29, 1.82) is 0 Å². The van der Waals surface area contributed by atoms with Crippen molar-refractivity contribution < 1.29 is 0 Å². The first-order valence-corrected chi connectivity index (χ1v) is 9.33. The van der Waals surface area contributed by atoms with Gasteiger partial charge in [-0.1, -0.05) is 19.1 Å². The maximum atomic E-state index is 6.42. The summed E-state index contributed by atoms with van der Waals surface area (Å²) in [6, 6.07) is 7.01. The third kappa shape index (κ3) is 2.83. The molecule has 2 nitrogen and oxygen atoms in total. The first-order chi connectivity index (χ1) is 10.1. The van der Waals surface area contributed by atoms with Crippen molar-refractivity contribution in [1.82, 2.24) is 9.55 Å². The second-order valence-corrected chi connectivity index (χ2v) is 8.17. The van der Waals surface area contributed by atoms with E-state index in [4.69, 9.17) is 16.6 Å². The first-order valence-electron chi connectivity index (χ1n) is 7.85. The minimum Gasteiger partial charge on any atom is -0.324 e. The van der Waals surface area contributed by atoms with E-state index in [2.05, 4.69) is 48.4 Å². The molecule has 1 aliphatic rings. The highest BCUT2D eigenvalue weighted by Gasteiger charge is 2.29. The number of nitrogens with zero attached hydrogens (tertiary/aromatic N) is 2. The van der Waals surface area contributed by atoms with Crippen LogP contribution in [0.2, 0.25) is 0 Å². The number of thioether (sulfide) groups is 1. The summed E-state index contributed by atoms with van der Waals surface area (Å²) in [5, 5.41) is 0.746. The SMILES string of the molecule is CCSC1CCC(n2c(C(C)Cl)nc3c(C)cccc32)C1. The lowest BCUT2D eigenvalue weighted by Crippen LogP contribution is -2.11. The van der Waals surface area contributed by atoms with Gasteiger partial charge in [0.25, 0.3) is 0 Å². The van der Waals surface area contributed by atoms with Crippen molar-refractivity contribution in [3.8, 4) is 0 Å². The molecular formula is C17H23ClN2S. The molecular weight excluding hydrogens is 300 g/mol. The molecule has 0 spiro atoms. The Morgan fingerprint density at radius 1 is 1.43 bits per heavy atom. The Kier molecular flexibility index (Phi) is 4.51. The number of benzene rings is 1. The van der Waals surface area contributed by atoms with Gasteiger partial charge in [0.15, 0.2) is 0 Å². The van der Waals surface area contributed by atoms with Gasteiger partial charge < -0.3 is 4.57 Å². The predicted molar refractivity (Wildman–Crippen MR) is 93.5 cm³/mol. The molecule has 1 aliphatic carbocycles. The fourth-order valence-electron chi connectivity index (χ4n) is 3.48. The summed E-state index contributed by atoms with van der Waals surface area (Å²) in [4.78, 5) is 4.85. The van der Waals surface area contributed by atoms with E-state index in [1.165, 1.54) is 36.1 Å². The lowest BCUT2D eigenvalue weighted by Gasteiger charge is -2.18. The Hall–Kier alpha value is -0.670. The molecule has 1 aromatic carbocycles. The van der Waals surface area contributed by atoms with E-state index in [-0.39, 0.29) is 5.38 Å². The molecule has 0 bridgehead atoms. The molecule has 0 radical (unpaired) electrons. The highest BCUT2D eigenvalue weighted by atomic mass is 35.5. The van der Waals surface area contributed by atoms with Gasteiger partial charge in [0, 0.05) is 11.3 Å². The summed E-state index contributed by atoms with van der Waals surface area (Å²) in [6.45, 7) is 6.41. The Morgan fingerprint density at radius 3 is 2.95 bits per heavy atom. The van der Waals surface area contributed by atoms with Gasteiger partial charge in [0.1, 0.15) is 5.82 Å². The van der Waals surface area contributed by atoms with Crippen LogP contribution in [0.15, 0.2) is 18.2 Å². The average Bonchev–Trinajstić information content (AvgIpc) is 3.03. The van der Waals surface area contributed by atoms with Crippen molar-refractivity contribution in [2.45, 2.75) is 56.7 Å². The molecule has 3 unspecified atom stereocenters. The van der Waals surface area contributed by atoms with Crippen LogP contribution in [0.4, 0.5) is 0 Å². The monoisotopic (exact) mass is 322 g/mol. The molecule has 2 aromatic rings. The van der Waals surface area contributed by atoms with Crippen molar-refractivity contribution in [3.63, 3.8) is 0 Å². The van der Waals surface area contributed by atoms with E-state index < -0.39 is 0 Å². The van der Waals surface area contributed by atoms with Crippen LogP contribution in [0.5, 0.6) is 0 Å². The lowest BCUT2D eigenvalue weighted by molar-refractivity contribution is 0.511. The number of rotatable bonds is 4. The number of fused-ring (bicyclic) bond motifs is 1. The molecule has 1 aromatic heterocycles. The molecule has 3 rings (SSSR count). The number of aryl methyl sites for hydroxylation is 1. The van der Waals surface area contributed by atoms with Crippen LogP contribution >= 0.6 is 23.4 Å². The number of halogens is 1. The van der Waals surface area contributed by atoms with Gasteiger partial charge in [0.05, 0.1) is 16.4 Å². The molecule has 4 heteroatoms. The molecule has 0 N–H and O–H groups in total. The van der Waals surface area contributed by atoms with Gasteiger partial charge >= 0.3 is 0 Å². The zero-order chi connectivity index (χ0) is 15.0. The average molecular weight is 323 g/mol. The van der Waals surface area contributed by atoms with Crippen LogP contribution in [0.1, 0.15) is 55.9 Å². The molecule has 0 saturated heterocycles. The van der Waals surface area contributed by atoms with Crippen LogP contribution in [-0.4, -0.2) is 20.6 Å². The molecule has 0 aliphatic heterocycles. The van der Waals surface area contributed by atoms with Crippen molar-refractivity contribution in [3.05, 3.63) is 29.6 Å². The Labute approximate surface area is 136 Å². The molecule has 1 saturated carbocycles. The maximum absolute atomic E-state index is 6.42. The van der Waals surface area contributed by atoms with Crippen molar-refractivity contribution in [2.75, 3.05) is 5.75 Å². The summed E-state index contributed by atoms with van der Waals surface area (Å²) >= 11 is 8.52. The quantitative estimate of drug-likeness (QED) is 0.692. The molecule has 114 valence electrons. The van der Waals surface area contributed by atoms with Gasteiger partial charge in [-0.25, -0.2) is 4.98 Å². The summed E-state index contributed by atoms with van der Waals surface area (Å²) in [6.07, 6.45) is 3.80. The van der Waals surface area contributed by atoms with E-state index in [0.29, 0.717) is 6.04 Å². The smallest absolute Gasteiger partial charge is 0.127 e. The number of para-hydroxylation sites is 1. The van der Waals surface area contributed by atoms with E-state index in [1.807, 2.05) is 6.92 Å². The summed E-state index contributed by atoms with van der Waals surface area (Å²) in [5.41, 5.74) is 3.61. The molecule has 21 heavy (non-hydrogen) atoms. The van der Waals surface area contributed by atoms with Crippen LogP contribution in [0.25, 0.3) is 11.0 Å². The van der Waals surface area contributed by atoms with E-state index in [1.54, 1.807) is 0 Å². The second kappa shape index (κ2) is 6.21. The highest BCUT2D eigenvalue weighted by molar-refractivity contribution is 7.99. The summed E-state index contributed by atoms with van der Waals surface area (Å²) in [5.74, 6) is 2.24. The molecule has 0 amide bonds. The van der Waals surface area contributed by atoms with Crippen molar-refractivity contribution in [2.24, 2.45) is 0 Å². The topological polar surface area (TPSA) is 17.8 Å². The number of imidazole rings is 1. The Balaban J connectivity index is 2.04. The Morgan fingerprint density at radius 2 is 2.24 bits per heavy atom. The fourth-order valence-corrected chi connectivity index (χ4v) is 4.76. The minimum atomic E-state index is -0.0466. The van der Waals surface area contributed by atoms with Crippen LogP contribution in [0, 0.1) is 6.92 Å². The first kappa shape index (κ1) is 15.2. The van der Waals surface area contributed by atoms with Gasteiger partial charge in [-0.3, -0.25) is 0 Å². The van der Waals surface area contributed by atoms with E-state index in [0.717, 1.165) is 16.6 Å². The zero-order valence-electron chi connectivity index (χ0n) is 13.0. The predicted octanol–water partition coefficient (Wildman–Crippen LogP) is 5.49. The van der Waals surface area contributed by atoms with Crippen LogP contribution in [0.3, 0.4) is 0 Å². The summed E-state index contributed by atoms with van der Waals surface area (Å²) < 4.78 is 2.43. The summed E-state index contributed by atoms with van der Waals surface area (Å²) in [7, 11) is 0. The Bertz CT molecular complexity index is 635. The fraction of sp³-hybridized carbons (Fsp3) is 0.588. The van der Waals surface area contributed by atoms with Crippen LogP contribution < -0.4 is 0 Å². The lowest BCUT2D eigenvalue weighted by atomic mass is 10.2. The third-order valence-corrected chi connectivity index (χ3v) is 5.86. The minimum absolute atomic E-state index is 0.0466. The van der Waals surface area contributed by atoms with Crippen molar-refractivity contribution >= 4 is 34.4 Å². The van der Waals surface area contributed by atoms with Gasteiger partial charge in [-0.15, -0.1) is 11.6 Å². The maximum Gasteiger partial charge on any atom is 0.127 e. The van der Waals surface area contributed by atoms with E-state index in [9.17, 15) is 0 Å². The highest BCUT2D eigenvalue weighted by Crippen LogP contribution is 2.41. The second-order valence-electron chi connectivity index (χ2n) is 5.94. The molecule has 3 atom stereocenters. The number of hydrogen-bond donors (Lipinski definition) is 0. The number of alkyl halides is 1. The van der Waals surface area contributed by atoms with E-state index >= 15 is 0 Å². The molecule has 1 fully saturated rings. The number of aromatic nitrogens is 2. The largest absolute Gasteiger partial charge is 0.324 e. The molecule has 1 heterocycles. The number of hydrogen-bond acceptors (Lipinski definition) is 2. The standard InChI is InChI=1S/C17H23ClN2S/c1-4-21-14-9-8-13(10-14)20-15-7-5-6-11(2)16(15)19-17(20)12(3)18/h5-7,12-14H,4,8-10H2,1-3H3. The normalized spacial score (nSPS) is 23.8. The third-order valence-electron chi connectivity index (χ3n) is 4.43. The zero-order valence-corrected chi connectivity index (χ0v) is 14.5. The van der Waals surface area contributed by atoms with Gasteiger partial charge in [0.2, 0.25) is 0 Å². The van der Waals surface area contributed by atoms with Crippen LogP contribution in [-0.2, 0) is 0 Å².